The summed E-state index contributed by atoms with van der Waals surface area (Å²) in [6.07, 6.45) is 1.72. The third kappa shape index (κ3) is 5.88. The second-order valence-electron chi connectivity index (χ2n) is 5.19. The molecule has 0 fully saturated rings. The predicted molar refractivity (Wildman–Crippen MR) is 85.8 cm³/mol. The van der Waals surface area contributed by atoms with E-state index in [4.69, 9.17) is 15.2 Å². The number of benzene rings is 2. The average molecular weight is 285 g/mol. The van der Waals surface area contributed by atoms with Crippen molar-refractivity contribution in [3.05, 3.63) is 60.2 Å². The normalized spacial score (nSPS) is 11.9. The van der Waals surface area contributed by atoms with Gasteiger partial charge in [0.2, 0.25) is 0 Å². The fourth-order valence-electron chi connectivity index (χ4n) is 2.09. The first-order valence-electron chi connectivity index (χ1n) is 7.39. The Morgan fingerprint density at radius 1 is 0.905 bits per heavy atom. The van der Waals surface area contributed by atoms with E-state index in [1.807, 2.05) is 49.4 Å². The number of hydrogen-bond donors (Lipinski definition) is 1. The molecule has 2 rings (SSSR count). The molecule has 112 valence electrons. The first-order valence-corrected chi connectivity index (χ1v) is 7.39. The fourth-order valence-corrected chi connectivity index (χ4v) is 2.09. The molecule has 0 aliphatic carbocycles. The van der Waals surface area contributed by atoms with E-state index >= 15 is 0 Å². The van der Waals surface area contributed by atoms with Crippen LogP contribution in [0.3, 0.4) is 0 Å². The van der Waals surface area contributed by atoms with Crippen LogP contribution < -0.4 is 15.2 Å². The van der Waals surface area contributed by atoms with Crippen molar-refractivity contribution >= 4 is 0 Å². The summed E-state index contributed by atoms with van der Waals surface area (Å²) in [6.45, 7) is 3.31. The van der Waals surface area contributed by atoms with Crippen LogP contribution in [0.25, 0.3) is 0 Å². The van der Waals surface area contributed by atoms with Gasteiger partial charge in [-0.25, -0.2) is 0 Å². The van der Waals surface area contributed by atoms with E-state index in [-0.39, 0.29) is 6.04 Å². The lowest BCUT2D eigenvalue weighted by molar-refractivity contribution is 0.247. The van der Waals surface area contributed by atoms with Crippen molar-refractivity contribution in [2.24, 2.45) is 5.73 Å². The van der Waals surface area contributed by atoms with E-state index in [1.54, 1.807) is 0 Å². The molecular formula is C18H23NO2. The molecule has 3 nitrogen and oxygen atoms in total. The molecule has 2 aromatic rings. The van der Waals surface area contributed by atoms with Crippen molar-refractivity contribution in [2.45, 2.75) is 25.8 Å². The second-order valence-corrected chi connectivity index (χ2v) is 5.19. The third-order valence-corrected chi connectivity index (χ3v) is 3.03. The molecule has 0 bridgehead atoms. The van der Waals surface area contributed by atoms with Gasteiger partial charge in [0, 0.05) is 12.5 Å². The Hall–Kier alpha value is -2.00. The largest absolute Gasteiger partial charge is 0.493 e. The molecule has 0 heterocycles. The number of nitrogens with two attached hydrogens (primary N) is 1. The van der Waals surface area contributed by atoms with Crippen molar-refractivity contribution in [3.63, 3.8) is 0 Å². The van der Waals surface area contributed by atoms with Crippen LogP contribution >= 0.6 is 0 Å². The van der Waals surface area contributed by atoms with Gasteiger partial charge in [-0.2, -0.15) is 0 Å². The summed E-state index contributed by atoms with van der Waals surface area (Å²) in [5, 5.41) is 0. The van der Waals surface area contributed by atoms with E-state index in [0.29, 0.717) is 13.2 Å². The van der Waals surface area contributed by atoms with E-state index in [2.05, 4.69) is 12.1 Å². The molecule has 2 N–H and O–H groups in total. The highest BCUT2D eigenvalue weighted by atomic mass is 16.5. The van der Waals surface area contributed by atoms with Gasteiger partial charge < -0.3 is 15.2 Å². The number of para-hydroxylation sites is 1. The van der Waals surface area contributed by atoms with Crippen molar-refractivity contribution < 1.29 is 9.47 Å². The first-order chi connectivity index (χ1) is 10.2. The quantitative estimate of drug-likeness (QED) is 0.756. The molecule has 0 aliphatic rings. The molecule has 0 amide bonds. The van der Waals surface area contributed by atoms with E-state index in [9.17, 15) is 0 Å². The lowest BCUT2D eigenvalue weighted by Gasteiger charge is -2.10. The molecule has 0 spiro atoms. The van der Waals surface area contributed by atoms with Crippen LogP contribution in [0.4, 0.5) is 0 Å². The Bertz CT molecular complexity index is 526. The van der Waals surface area contributed by atoms with Crippen molar-refractivity contribution in [1.29, 1.82) is 0 Å². The number of ether oxygens (including phenoxy) is 2. The van der Waals surface area contributed by atoms with Crippen molar-refractivity contribution in [3.8, 4) is 11.5 Å². The molecule has 1 unspecified atom stereocenters. The van der Waals surface area contributed by atoms with Crippen LogP contribution in [0.2, 0.25) is 0 Å². The zero-order valence-electron chi connectivity index (χ0n) is 12.5. The highest BCUT2D eigenvalue weighted by Crippen LogP contribution is 2.15. The summed E-state index contributed by atoms with van der Waals surface area (Å²) in [5.41, 5.74) is 7.02. The second kappa shape index (κ2) is 8.32. The molecule has 1 atom stereocenters. The highest BCUT2D eigenvalue weighted by Gasteiger charge is 2.00. The lowest BCUT2D eigenvalue weighted by atomic mass is 10.1. The van der Waals surface area contributed by atoms with Crippen LogP contribution in [0, 0.1) is 0 Å². The molecule has 2 aromatic carbocycles. The Morgan fingerprint density at radius 2 is 1.57 bits per heavy atom. The molecule has 21 heavy (non-hydrogen) atoms. The van der Waals surface area contributed by atoms with Gasteiger partial charge in [-0.15, -0.1) is 0 Å². The van der Waals surface area contributed by atoms with Gasteiger partial charge in [-0.1, -0.05) is 30.3 Å². The topological polar surface area (TPSA) is 44.5 Å². The van der Waals surface area contributed by atoms with Gasteiger partial charge in [0.1, 0.15) is 11.5 Å². The van der Waals surface area contributed by atoms with E-state index in [1.165, 1.54) is 5.56 Å². The van der Waals surface area contributed by atoms with E-state index in [0.717, 1.165) is 24.3 Å². The predicted octanol–water partition coefficient (Wildman–Crippen LogP) is 3.42. The lowest BCUT2D eigenvalue weighted by Crippen LogP contribution is -2.17. The van der Waals surface area contributed by atoms with Gasteiger partial charge in [-0.3, -0.25) is 0 Å². The van der Waals surface area contributed by atoms with Gasteiger partial charge in [0.15, 0.2) is 0 Å². The standard InChI is InChI=1S/C18H23NO2/c1-15(19)13-16-7-5-10-18(14-16)21-12-6-11-20-17-8-3-2-4-9-17/h2-5,7-10,14-15H,6,11-13,19H2,1H3. The zero-order valence-corrected chi connectivity index (χ0v) is 12.5. The van der Waals surface area contributed by atoms with Gasteiger partial charge in [0.05, 0.1) is 13.2 Å². The summed E-state index contributed by atoms with van der Waals surface area (Å²) in [6, 6.07) is 18.1. The molecule has 0 aliphatic heterocycles. The molecule has 3 heteroatoms. The minimum Gasteiger partial charge on any atom is -0.493 e. The fraction of sp³-hybridized carbons (Fsp3) is 0.333. The summed E-state index contributed by atoms with van der Waals surface area (Å²) in [7, 11) is 0. The van der Waals surface area contributed by atoms with Crippen LogP contribution in [-0.4, -0.2) is 19.3 Å². The summed E-state index contributed by atoms with van der Waals surface area (Å²) >= 11 is 0. The molecule has 0 aromatic heterocycles. The average Bonchev–Trinajstić information content (AvgIpc) is 2.48. The van der Waals surface area contributed by atoms with Crippen LogP contribution in [0.5, 0.6) is 11.5 Å². The smallest absolute Gasteiger partial charge is 0.119 e. The third-order valence-electron chi connectivity index (χ3n) is 3.03. The SMILES string of the molecule is CC(N)Cc1cccc(OCCCOc2ccccc2)c1. The Morgan fingerprint density at radius 3 is 2.29 bits per heavy atom. The van der Waals surface area contributed by atoms with Gasteiger partial charge in [-0.05, 0) is 43.2 Å². The minimum atomic E-state index is 0.166. The monoisotopic (exact) mass is 285 g/mol. The Labute approximate surface area is 126 Å². The van der Waals surface area contributed by atoms with Gasteiger partial charge in [0.25, 0.3) is 0 Å². The molecule has 0 saturated carbocycles. The number of rotatable bonds is 8. The van der Waals surface area contributed by atoms with Crippen LogP contribution in [0.1, 0.15) is 18.9 Å². The maximum absolute atomic E-state index is 5.81. The Balaban J connectivity index is 1.69. The first kappa shape index (κ1) is 15.4. The molecule has 0 saturated heterocycles. The zero-order chi connectivity index (χ0) is 14.9. The summed E-state index contributed by atoms with van der Waals surface area (Å²) < 4.78 is 11.4. The maximum Gasteiger partial charge on any atom is 0.119 e. The van der Waals surface area contributed by atoms with Gasteiger partial charge >= 0.3 is 0 Å². The minimum absolute atomic E-state index is 0.166. The molecule has 0 radical (unpaired) electrons. The Kier molecular flexibility index (Phi) is 6.10. The van der Waals surface area contributed by atoms with Crippen LogP contribution in [0.15, 0.2) is 54.6 Å². The molecular weight excluding hydrogens is 262 g/mol. The van der Waals surface area contributed by atoms with Crippen LogP contribution in [-0.2, 0) is 6.42 Å². The highest BCUT2D eigenvalue weighted by molar-refractivity contribution is 5.29. The van der Waals surface area contributed by atoms with Crippen molar-refractivity contribution in [1.82, 2.24) is 0 Å². The van der Waals surface area contributed by atoms with E-state index < -0.39 is 0 Å². The summed E-state index contributed by atoms with van der Waals surface area (Å²) in [5.74, 6) is 1.80. The maximum atomic E-state index is 5.81. The summed E-state index contributed by atoms with van der Waals surface area (Å²) in [4.78, 5) is 0. The number of hydrogen-bond acceptors (Lipinski definition) is 3. The van der Waals surface area contributed by atoms with Crippen molar-refractivity contribution in [2.75, 3.05) is 13.2 Å².